The van der Waals surface area contributed by atoms with Crippen LogP contribution in [0.15, 0.2) is 22.9 Å². The SMILES string of the molecule is CC(C)(C)c1csc(CC(O)CCCc2cccs2)n1. The van der Waals surface area contributed by atoms with E-state index in [2.05, 4.69) is 48.6 Å². The number of aromatic nitrogens is 1. The van der Waals surface area contributed by atoms with Crippen LogP contribution in [0.4, 0.5) is 0 Å². The molecule has 2 nitrogen and oxygen atoms in total. The van der Waals surface area contributed by atoms with E-state index in [0.29, 0.717) is 6.42 Å². The minimum absolute atomic E-state index is 0.0961. The molecule has 0 saturated heterocycles. The Hall–Kier alpha value is -0.710. The molecule has 0 aliphatic heterocycles. The fraction of sp³-hybridized carbons (Fsp3) is 0.562. The molecule has 0 fully saturated rings. The molecule has 0 aromatic carbocycles. The average Bonchev–Trinajstić information content (AvgIpc) is 2.98. The summed E-state index contributed by atoms with van der Waals surface area (Å²) in [7, 11) is 0. The fourth-order valence-electron chi connectivity index (χ4n) is 2.02. The Kier molecular flexibility index (Phi) is 5.35. The quantitative estimate of drug-likeness (QED) is 0.856. The normalized spacial score (nSPS) is 13.6. The lowest BCUT2D eigenvalue weighted by Gasteiger charge is -2.14. The van der Waals surface area contributed by atoms with Gasteiger partial charge in [0.15, 0.2) is 0 Å². The lowest BCUT2D eigenvalue weighted by atomic mass is 9.93. The van der Waals surface area contributed by atoms with Crippen molar-refractivity contribution in [2.24, 2.45) is 0 Å². The molecular formula is C16H23NOS2. The Morgan fingerprint density at radius 3 is 2.70 bits per heavy atom. The summed E-state index contributed by atoms with van der Waals surface area (Å²) in [6.45, 7) is 6.51. The van der Waals surface area contributed by atoms with Crippen molar-refractivity contribution in [2.45, 2.75) is 58.0 Å². The van der Waals surface area contributed by atoms with Gasteiger partial charge in [0, 0.05) is 22.1 Å². The Bertz CT molecular complexity index is 511. The first-order valence-electron chi connectivity index (χ1n) is 7.10. The summed E-state index contributed by atoms with van der Waals surface area (Å²) in [6.07, 6.45) is 3.38. The smallest absolute Gasteiger partial charge is 0.0954 e. The molecule has 0 radical (unpaired) electrons. The van der Waals surface area contributed by atoms with Crippen molar-refractivity contribution in [1.29, 1.82) is 0 Å². The number of nitrogens with zero attached hydrogens (tertiary/aromatic N) is 1. The fourth-order valence-corrected chi connectivity index (χ4v) is 3.86. The van der Waals surface area contributed by atoms with Crippen molar-refractivity contribution in [1.82, 2.24) is 4.98 Å². The second kappa shape index (κ2) is 6.83. The molecule has 2 heterocycles. The van der Waals surface area contributed by atoms with Crippen molar-refractivity contribution in [3.05, 3.63) is 38.5 Å². The molecule has 110 valence electrons. The zero-order valence-electron chi connectivity index (χ0n) is 12.4. The third-order valence-electron chi connectivity index (χ3n) is 3.27. The predicted octanol–water partition coefficient (Wildman–Crippen LogP) is 4.43. The van der Waals surface area contributed by atoms with Crippen molar-refractivity contribution in [3.63, 3.8) is 0 Å². The van der Waals surface area contributed by atoms with Gasteiger partial charge in [-0.05, 0) is 30.7 Å². The van der Waals surface area contributed by atoms with Crippen molar-refractivity contribution in [3.8, 4) is 0 Å². The van der Waals surface area contributed by atoms with E-state index >= 15 is 0 Å². The van der Waals surface area contributed by atoms with E-state index in [1.54, 1.807) is 22.7 Å². The summed E-state index contributed by atoms with van der Waals surface area (Å²) in [5, 5.41) is 15.4. The number of aryl methyl sites for hydroxylation is 1. The van der Waals surface area contributed by atoms with E-state index in [4.69, 9.17) is 0 Å². The second-order valence-electron chi connectivity index (χ2n) is 6.21. The van der Waals surface area contributed by atoms with Gasteiger partial charge < -0.3 is 5.11 Å². The van der Waals surface area contributed by atoms with Crippen LogP contribution in [0.1, 0.15) is 49.2 Å². The first-order valence-corrected chi connectivity index (χ1v) is 8.86. The van der Waals surface area contributed by atoms with Crippen LogP contribution in [-0.4, -0.2) is 16.2 Å². The zero-order valence-corrected chi connectivity index (χ0v) is 14.1. The number of rotatable bonds is 6. The highest BCUT2D eigenvalue weighted by atomic mass is 32.1. The Morgan fingerprint density at radius 1 is 1.30 bits per heavy atom. The van der Waals surface area contributed by atoms with Crippen LogP contribution in [0, 0.1) is 0 Å². The monoisotopic (exact) mass is 309 g/mol. The van der Waals surface area contributed by atoms with Crippen molar-refractivity contribution < 1.29 is 5.11 Å². The highest BCUT2D eigenvalue weighted by molar-refractivity contribution is 7.10. The number of hydrogen-bond donors (Lipinski definition) is 1. The lowest BCUT2D eigenvalue weighted by Crippen LogP contribution is -2.13. The molecule has 20 heavy (non-hydrogen) atoms. The van der Waals surface area contributed by atoms with Gasteiger partial charge in [-0.25, -0.2) is 4.98 Å². The molecular weight excluding hydrogens is 286 g/mol. The molecule has 0 spiro atoms. The third kappa shape index (κ3) is 4.69. The molecule has 0 aliphatic carbocycles. The van der Waals surface area contributed by atoms with Gasteiger partial charge in [-0.2, -0.15) is 0 Å². The maximum Gasteiger partial charge on any atom is 0.0954 e. The van der Waals surface area contributed by atoms with Gasteiger partial charge in [0.1, 0.15) is 0 Å². The van der Waals surface area contributed by atoms with Crippen LogP contribution in [0.5, 0.6) is 0 Å². The second-order valence-corrected chi connectivity index (χ2v) is 8.18. The molecule has 0 saturated carbocycles. The molecule has 1 N–H and O–H groups in total. The molecule has 0 bridgehead atoms. The van der Waals surface area contributed by atoms with Gasteiger partial charge >= 0.3 is 0 Å². The number of thiazole rings is 1. The lowest BCUT2D eigenvalue weighted by molar-refractivity contribution is 0.162. The van der Waals surface area contributed by atoms with Crippen LogP contribution < -0.4 is 0 Å². The van der Waals surface area contributed by atoms with E-state index in [-0.39, 0.29) is 11.5 Å². The molecule has 2 aromatic heterocycles. The summed E-state index contributed by atoms with van der Waals surface area (Å²) >= 11 is 3.46. The Balaban J connectivity index is 1.76. The topological polar surface area (TPSA) is 33.1 Å². The number of aliphatic hydroxyl groups is 1. The summed E-state index contributed by atoms with van der Waals surface area (Å²) in [5.74, 6) is 0. The van der Waals surface area contributed by atoms with Gasteiger partial charge in [0.25, 0.3) is 0 Å². The number of aliphatic hydroxyl groups excluding tert-OH is 1. The van der Waals surface area contributed by atoms with Crippen LogP contribution in [-0.2, 0) is 18.3 Å². The first-order chi connectivity index (χ1) is 9.45. The standard InChI is InChI=1S/C16H23NOS2/c1-16(2,3)14-11-20-15(17-14)10-12(18)6-4-7-13-8-5-9-19-13/h5,8-9,11-12,18H,4,6-7,10H2,1-3H3. The van der Waals surface area contributed by atoms with Gasteiger partial charge in [-0.3, -0.25) is 0 Å². The summed E-state index contributed by atoms with van der Waals surface area (Å²) in [4.78, 5) is 6.04. The van der Waals surface area contributed by atoms with E-state index < -0.39 is 0 Å². The van der Waals surface area contributed by atoms with Gasteiger partial charge in [-0.1, -0.05) is 26.8 Å². The molecule has 0 amide bonds. The van der Waals surface area contributed by atoms with E-state index in [0.717, 1.165) is 30.0 Å². The summed E-state index contributed by atoms with van der Waals surface area (Å²) in [6, 6.07) is 4.24. The summed E-state index contributed by atoms with van der Waals surface area (Å²) in [5.41, 5.74) is 1.22. The Morgan fingerprint density at radius 2 is 2.10 bits per heavy atom. The minimum Gasteiger partial charge on any atom is -0.393 e. The average molecular weight is 309 g/mol. The van der Waals surface area contributed by atoms with Crippen molar-refractivity contribution >= 4 is 22.7 Å². The molecule has 2 rings (SSSR count). The number of thiophene rings is 1. The minimum atomic E-state index is -0.270. The molecule has 0 aliphatic rings. The Labute approximate surface area is 129 Å². The van der Waals surface area contributed by atoms with Gasteiger partial charge in [0.2, 0.25) is 0 Å². The number of hydrogen-bond acceptors (Lipinski definition) is 4. The predicted molar refractivity (Wildman–Crippen MR) is 87.8 cm³/mol. The van der Waals surface area contributed by atoms with Gasteiger partial charge in [-0.15, -0.1) is 22.7 Å². The maximum absolute atomic E-state index is 10.1. The first kappa shape index (κ1) is 15.7. The maximum atomic E-state index is 10.1. The highest BCUT2D eigenvalue weighted by Crippen LogP contribution is 2.25. The van der Waals surface area contributed by atoms with E-state index in [9.17, 15) is 5.11 Å². The van der Waals surface area contributed by atoms with E-state index in [1.807, 2.05) is 0 Å². The highest BCUT2D eigenvalue weighted by Gasteiger charge is 2.18. The van der Waals surface area contributed by atoms with Crippen LogP contribution in [0.25, 0.3) is 0 Å². The molecule has 1 atom stereocenters. The molecule has 2 aromatic rings. The largest absolute Gasteiger partial charge is 0.393 e. The van der Waals surface area contributed by atoms with Gasteiger partial charge in [0.05, 0.1) is 16.8 Å². The van der Waals surface area contributed by atoms with Crippen LogP contribution in [0.3, 0.4) is 0 Å². The third-order valence-corrected chi connectivity index (χ3v) is 5.08. The molecule has 1 unspecified atom stereocenters. The van der Waals surface area contributed by atoms with Crippen LogP contribution >= 0.6 is 22.7 Å². The zero-order chi connectivity index (χ0) is 14.6. The van der Waals surface area contributed by atoms with Crippen molar-refractivity contribution in [2.75, 3.05) is 0 Å². The molecule has 4 heteroatoms. The van der Waals surface area contributed by atoms with E-state index in [1.165, 1.54) is 4.88 Å². The summed E-state index contributed by atoms with van der Waals surface area (Å²) < 4.78 is 0. The van der Waals surface area contributed by atoms with Crippen LogP contribution in [0.2, 0.25) is 0 Å².